The van der Waals surface area contributed by atoms with Gasteiger partial charge in [0.1, 0.15) is 23.1 Å². The van der Waals surface area contributed by atoms with Crippen molar-refractivity contribution in [3.8, 4) is 17.6 Å². The van der Waals surface area contributed by atoms with E-state index in [1.807, 2.05) is 5.48 Å². The Morgan fingerprint density at radius 1 is 1.07 bits per heavy atom. The van der Waals surface area contributed by atoms with E-state index in [-0.39, 0.29) is 16.9 Å². The van der Waals surface area contributed by atoms with E-state index >= 15 is 0 Å². The normalized spacial score (nSPS) is 10.8. The number of halogens is 2. The van der Waals surface area contributed by atoms with Crippen LogP contribution in [0.3, 0.4) is 0 Å². The maximum Gasteiger partial charge on any atom is 0.387 e. The fraction of sp³-hybridized carbons (Fsp3) is 0.105. The van der Waals surface area contributed by atoms with E-state index in [0.717, 1.165) is 12.1 Å². The average Bonchev–Trinajstić information content (AvgIpc) is 2.70. The highest BCUT2D eigenvalue weighted by Crippen LogP contribution is 2.16. The fourth-order valence-electron chi connectivity index (χ4n) is 2.00. The minimum atomic E-state index is -2.98. The number of hydrogen-bond donors (Lipinski definition) is 1. The number of ether oxygens (including phenoxy) is 2. The van der Waals surface area contributed by atoms with Crippen molar-refractivity contribution in [3.63, 3.8) is 0 Å². The Hall–Kier alpha value is -3.93. The van der Waals surface area contributed by atoms with Gasteiger partial charge in [-0.2, -0.15) is 19.5 Å². The lowest BCUT2D eigenvalue weighted by Gasteiger charge is -2.07. The van der Waals surface area contributed by atoms with Crippen LogP contribution in [-0.2, 0) is 9.63 Å². The van der Waals surface area contributed by atoms with Crippen molar-refractivity contribution < 1.29 is 32.7 Å². The van der Waals surface area contributed by atoms with Crippen molar-refractivity contribution in [2.75, 3.05) is 7.11 Å². The van der Waals surface area contributed by atoms with Crippen LogP contribution < -0.4 is 15.0 Å². The van der Waals surface area contributed by atoms with Gasteiger partial charge in [0, 0.05) is 5.56 Å². The maximum absolute atomic E-state index is 12.1. The summed E-state index contributed by atoms with van der Waals surface area (Å²) in [6, 6.07) is 13.0. The number of benzene rings is 2. The second-order valence-corrected chi connectivity index (χ2v) is 5.17. The Bertz CT molecular complexity index is 903. The largest absolute Gasteiger partial charge is 0.497 e. The van der Waals surface area contributed by atoms with E-state index in [0.29, 0.717) is 11.3 Å². The molecule has 0 aliphatic carbocycles. The number of rotatable bonds is 6. The molecule has 144 valence electrons. The SMILES string of the molecule is COc1ccc(/C=C(\C#N)C(=O)ONC(=O)c2ccc(OC(F)F)cc2)cc1. The van der Waals surface area contributed by atoms with E-state index in [9.17, 15) is 18.4 Å². The Balaban J connectivity index is 1.97. The predicted octanol–water partition coefficient (Wildman–Crippen LogP) is 3.09. The van der Waals surface area contributed by atoms with Crippen LogP contribution in [0, 0.1) is 11.3 Å². The smallest absolute Gasteiger partial charge is 0.387 e. The molecule has 2 aromatic carbocycles. The fourth-order valence-corrected chi connectivity index (χ4v) is 2.00. The summed E-state index contributed by atoms with van der Waals surface area (Å²) >= 11 is 0. The van der Waals surface area contributed by atoms with Crippen molar-refractivity contribution in [2.45, 2.75) is 6.61 Å². The third-order valence-corrected chi connectivity index (χ3v) is 3.35. The summed E-state index contributed by atoms with van der Waals surface area (Å²) in [5, 5.41) is 9.11. The van der Waals surface area contributed by atoms with E-state index < -0.39 is 18.5 Å². The number of carbonyl (C=O) groups is 2. The molecule has 2 rings (SSSR count). The van der Waals surface area contributed by atoms with Crippen molar-refractivity contribution in [2.24, 2.45) is 0 Å². The van der Waals surface area contributed by atoms with Crippen molar-refractivity contribution in [1.29, 1.82) is 5.26 Å². The maximum atomic E-state index is 12.1. The number of nitriles is 1. The number of carbonyl (C=O) groups excluding carboxylic acids is 2. The van der Waals surface area contributed by atoms with Gasteiger partial charge in [0.2, 0.25) is 0 Å². The highest BCUT2D eigenvalue weighted by Gasteiger charge is 2.14. The van der Waals surface area contributed by atoms with Gasteiger partial charge in [0.15, 0.2) is 0 Å². The first-order chi connectivity index (χ1) is 13.4. The zero-order valence-corrected chi connectivity index (χ0v) is 14.5. The number of hydroxylamine groups is 1. The van der Waals surface area contributed by atoms with Crippen LogP contribution in [0.25, 0.3) is 6.08 Å². The predicted molar refractivity (Wildman–Crippen MR) is 93.2 cm³/mol. The third kappa shape index (κ3) is 5.81. The van der Waals surface area contributed by atoms with Crippen LogP contribution >= 0.6 is 0 Å². The molecule has 0 heterocycles. The van der Waals surface area contributed by atoms with Gasteiger partial charge in [-0.15, -0.1) is 0 Å². The molecule has 9 heteroatoms. The molecule has 0 spiro atoms. The molecule has 0 saturated heterocycles. The van der Waals surface area contributed by atoms with Gasteiger partial charge in [0.05, 0.1) is 7.11 Å². The highest BCUT2D eigenvalue weighted by molar-refractivity contribution is 6.00. The molecule has 0 aliphatic rings. The molecule has 0 unspecified atom stereocenters. The zero-order valence-electron chi connectivity index (χ0n) is 14.5. The quantitative estimate of drug-likeness (QED) is 0.464. The van der Waals surface area contributed by atoms with Crippen LogP contribution in [0.2, 0.25) is 0 Å². The Morgan fingerprint density at radius 3 is 2.21 bits per heavy atom. The molecule has 0 aromatic heterocycles. The summed E-state index contributed by atoms with van der Waals surface area (Å²) in [4.78, 5) is 28.5. The van der Waals surface area contributed by atoms with Crippen molar-refractivity contribution in [3.05, 3.63) is 65.2 Å². The first-order valence-electron chi connectivity index (χ1n) is 7.75. The molecule has 1 amide bonds. The molecule has 0 fully saturated rings. The summed E-state index contributed by atoms with van der Waals surface area (Å²) in [6.45, 7) is -2.98. The molecule has 7 nitrogen and oxygen atoms in total. The molecule has 1 N–H and O–H groups in total. The number of nitrogens with one attached hydrogen (secondary N) is 1. The second-order valence-electron chi connectivity index (χ2n) is 5.17. The molecule has 28 heavy (non-hydrogen) atoms. The Morgan fingerprint density at radius 2 is 1.68 bits per heavy atom. The van der Waals surface area contributed by atoms with Gasteiger partial charge in [-0.3, -0.25) is 4.79 Å². The van der Waals surface area contributed by atoms with Crippen molar-refractivity contribution in [1.82, 2.24) is 5.48 Å². The van der Waals surface area contributed by atoms with Crippen LogP contribution in [0.5, 0.6) is 11.5 Å². The van der Waals surface area contributed by atoms with E-state index in [1.165, 1.54) is 25.3 Å². The van der Waals surface area contributed by atoms with Crippen LogP contribution in [0.15, 0.2) is 54.1 Å². The number of hydrogen-bond acceptors (Lipinski definition) is 6. The molecule has 0 bridgehead atoms. The van der Waals surface area contributed by atoms with Gasteiger partial charge in [-0.1, -0.05) is 12.1 Å². The van der Waals surface area contributed by atoms with E-state index in [2.05, 4.69) is 9.57 Å². The monoisotopic (exact) mass is 388 g/mol. The minimum Gasteiger partial charge on any atom is -0.497 e. The van der Waals surface area contributed by atoms with Crippen molar-refractivity contribution >= 4 is 18.0 Å². The lowest BCUT2D eigenvalue weighted by molar-refractivity contribution is -0.143. The molecule has 0 radical (unpaired) electrons. The summed E-state index contributed by atoms with van der Waals surface area (Å²) in [6.07, 6.45) is 1.28. The van der Waals surface area contributed by atoms with Gasteiger partial charge >= 0.3 is 12.6 Å². The van der Waals surface area contributed by atoms with Gasteiger partial charge in [0.25, 0.3) is 5.91 Å². The Labute approximate surface area is 158 Å². The molecule has 0 atom stereocenters. The standard InChI is InChI=1S/C19H14F2N2O5/c1-26-15-6-2-12(3-7-15)10-14(11-22)18(25)28-23-17(24)13-4-8-16(9-5-13)27-19(20)21/h2-10,19H,1H3,(H,23,24)/b14-10+. The number of amides is 1. The summed E-state index contributed by atoms with van der Waals surface area (Å²) in [7, 11) is 1.50. The van der Waals surface area contributed by atoms with Crippen LogP contribution in [0.4, 0.5) is 8.78 Å². The first kappa shape index (κ1) is 20.4. The topological polar surface area (TPSA) is 97.6 Å². The first-order valence-corrected chi connectivity index (χ1v) is 7.75. The number of methoxy groups -OCH3 is 1. The molecule has 0 aliphatic heterocycles. The summed E-state index contributed by atoms with van der Waals surface area (Å²) < 4.78 is 33.4. The zero-order chi connectivity index (χ0) is 20.5. The van der Waals surface area contributed by atoms with Gasteiger partial charge < -0.3 is 14.3 Å². The average molecular weight is 388 g/mol. The highest BCUT2D eigenvalue weighted by atomic mass is 19.3. The number of alkyl halides is 2. The molecular weight excluding hydrogens is 374 g/mol. The van der Waals surface area contributed by atoms with E-state index in [1.54, 1.807) is 30.3 Å². The molecular formula is C19H14F2N2O5. The van der Waals surface area contributed by atoms with E-state index in [4.69, 9.17) is 10.00 Å². The summed E-state index contributed by atoms with van der Waals surface area (Å²) in [5.74, 6) is -1.39. The minimum absolute atomic E-state index is 0.0343. The molecule has 0 saturated carbocycles. The summed E-state index contributed by atoms with van der Waals surface area (Å²) in [5.41, 5.74) is 2.13. The third-order valence-electron chi connectivity index (χ3n) is 3.35. The van der Waals surface area contributed by atoms with Gasteiger partial charge in [-0.05, 0) is 48.0 Å². The van der Waals surface area contributed by atoms with Crippen LogP contribution in [-0.4, -0.2) is 25.6 Å². The number of nitrogens with zero attached hydrogens (tertiary/aromatic N) is 1. The van der Waals surface area contributed by atoms with Crippen LogP contribution in [0.1, 0.15) is 15.9 Å². The lowest BCUT2D eigenvalue weighted by Crippen LogP contribution is -2.27. The lowest BCUT2D eigenvalue weighted by atomic mass is 10.1. The van der Waals surface area contributed by atoms with Gasteiger partial charge in [-0.25, -0.2) is 4.79 Å². The molecule has 2 aromatic rings. The second kappa shape index (κ2) is 9.68. The Kier molecular flexibility index (Phi) is 7.05.